The predicted octanol–water partition coefficient (Wildman–Crippen LogP) is -0.775. The van der Waals surface area contributed by atoms with Crippen molar-refractivity contribution in [3.05, 3.63) is 21.6 Å². The van der Waals surface area contributed by atoms with Gasteiger partial charge in [-0.1, -0.05) is 11.6 Å². The van der Waals surface area contributed by atoms with E-state index in [0.29, 0.717) is 0 Å². The molecule has 0 saturated heterocycles. The van der Waals surface area contributed by atoms with Gasteiger partial charge < -0.3 is 20.3 Å². The van der Waals surface area contributed by atoms with Crippen LogP contribution in [0.15, 0.2) is 11.0 Å². The van der Waals surface area contributed by atoms with Crippen molar-refractivity contribution in [2.45, 2.75) is 19.1 Å². The summed E-state index contributed by atoms with van der Waals surface area (Å²) in [7, 11) is 1.20. The fourth-order valence-corrected chi connectivity index (χ4v) is 1.44. The van der Waals surface area contributed by atoms with E-state index in [4.69, 9.17) is 16.7 Å². The highest BCUT2D eigenvalue weighted by atomic mass is 35.5. The van der Waals surface area contributed by atoms with Gasteiger partial charge in [-0.05, 0) is 6.92 Å². The summed E-state index contributed by atoms with van der Waals surface area (Å²) < 4.78 is 5.29. The van der Waals surface area contributed by atoms with Gasteiger partial charge in [0.05, 0.1) is 25.6 Å². The standard InChI is InChI=1S/C11H16ClN3O5/c1-11(19,6-16)5-13-7-3-14-15(4-8(17)20-2)10(18)9(7)12/h3,13,16,19H,4-6H2,1-2H3. The Kier molecular flexibility index (Phi) is 5.49. The summed E-state index contributed by atoms with van der Waals surface area (Å²) in [6.45, 7) is 0.597. The molecule has 1 atom stereocenters. The summed E-state index contributed by atoms with van der Waals surface area (Å²) in [5.74, 6) is -0.625. The lowest BCUT2D eigenvalue weighted by Crippen LogP contribution is -2.37. The minimum Gasteiger partial charge on any atom is -0.468 e. The van der Waals surface area contributed by atoms with E-state index in [-0.39, 0.29) is 23.8 Å². The van der Waals surface area contributed by atoms with Crippen LogP contribution in [0.25, 0.3) is 0 Å². The molecule has 0 aliphatic heterocycles. The van der Waals surface area contributed by atoms with Crippen molar-refractivity contribution in [1.82, 2.24) is 9.78 Å². The predicted molar refractivity (Wildman–Crippen MR) is 71.7 cm³/mol. The SMILES string of the molecule is COC(=O)Cn1ncc(NCC(C)(O)CO)c(Cl)c1=O. The number of aromatic nitrogens is 2. The van der Waals surface area contributed by atoms with Gasteiger partial charge in [0.2, 0.25) is 0 Å². The Balaban J connectivity index is 2.89. The molecule has 1 rings (SSSR count). The maximum atomic E-state index is 11.8. The van der Waals surface area contributed by atoms with Crippen molar-refractivity contribution in [2.75, 3.05) is 25.6 Å². The number of halogens is 1. The first-order valence-corrected chi connectivity index (χ1v) is 6.08. The lowest BCUT2D eigenvalue weighted by molar-refractivity contribution is -0.141. The normalized spacial score (nSPS) is 13.7. The van der Waals surface area contributed by atoms with Crippen molar-refractivity contribution < 1.29 is 19.7 Å². The number of anilines is 1. The van der Waals surface area contributed by atoms with E-state index < -0.39 is 23.7 Å². The molecule has 1 heterocycles. The average molecular weight is 306 g/mol. The third-order valence-corrected chi connectivity index (χ3v) is 2.86. The van der Waals surface area contributed by atoms with E-state index in [1.165, 1.54) is 20.2 Å². The maximum absolute atomic E-state index is 11.8. The molecule has 8 nitrogen and oxygen atoms in total. The number of hydrogen-bond donors (Lipinski definition) is 3. The van der Waals surface area contributed by atoms with Gasteiger partial charge in [0.25, 0.3) is 5.56 Å². The quantitative estimate of drug-likeness (QED) is 0.591. The van der Waals surface area contributed by atoms with Gasteiger partial charge >= 0.3 is 5.97 Å². The van der Waals surface area contributed by atoms with Crippen LogP contribution in [0.4, 0.5) is 5.69 Å². The highest BCUT2D eigenvalue weighted by Crippen LogP contribution is 2.16. The number of carbonyl (C=O) groups is 1. The van der Waals surface area contributed by atoms with E-state index in [9.17, 15) is 14.7 Å². The zero-order valence-electron chi connectivity index (χ0n) is 11.1. The van der Waals surface area contributed by atoms with Crippen molar-refractivity contribution >= 4 is 23.3 Å². The van der Waals surface area contributed by atoms with Crippen molar-refractivity contribution in [1.29, 1.82) is 0 Å². The van der Waals surface area contributed by atoms with Gasteiger partial charge in [0, 0.05) is 6.54 Å². The molecule has 3 N–H and O–H groups in total. The molecule has 1 aromatic rings. The molecule has 9 heteroatoms. The van der Waals surface area contributed by atoms with E-state index in [1.807, 2.05) is 0 Å². The molecule has 112 valence electrons. The van der Waals surface area contributed by atoms with Crippen LogP contribution in [-0.4, -0.2) is 51.8 Å². The number of ether oxygens (including phenoxy) is 1. The molecule has 0 fully saturated rings. The molecule has 0 spiro atoms. The van der Waals surface area contributed by atoms with Crippen LogP contribution in [0.3, 0.4) is 0 Å². The topological polar surface area (TPSA) is 114 Å². The van der Waals surface area contributed by atoms with Crippen LogP contribution in [0.5, 0.6) is 0 Å². The summed E-state index contributed by atoms with van der Waals surface area (Å²) in [4.78, 5) is 22.9. The molecule has 0 aromatic carbocycles. The minimum absolute atomic E-state index is 0.0225. The number of hydrogen-bond acceptors (Lipinski definition) is 7. The van der Waals surface area contributed by atoms with Crippen molar-refractivity contribution in [2.24, 2.45) is 0 Å². The molecular formula is C11H16ClN3O5. The number of nitrogens with one attached hydrogen (secondary N) is 1. The molecule has 0 aliphatic carbocycles. The monoisotopic (exact) mass is 305 g/mol. The van der Waals surface area contributed by atoms with E-state index in [0.717, 1.165) is 4.68 Å². The maximum Gasteiger partial charge on any atom is 0.327 e. The highest BCUT2D eigenvalue weighted by Gasteiger charge is 2.20. The molecule has 1 aromatic heterocycles. The van der Waals surface area contributed by atoms with Gasteiger partial charge in [-0.15, -0.1) is 0 Å². The lowest BCUT2D eigenvalue weighted by Gasteiger charge is -2.21. The number of rotatable bonds is 6. The Morgan fingerprint density at radius 1 is 1.65 bits per heavy atom. The van der Waals surface area contributed by atoms with Crippen LogP contribution in [0, 0.1) is 0 Å². The Morgan fingerprint density at radius 3 is 2.85 bits per heavy atom. The Bertz CT molecular complexity index is 543. The fraction of sp³-hybridized carbons (Fsp3) is 0.545. The van der Waals surface area contributed by atoms with E-state index >= 15 is 0 Å². The minimum atomic E-state index is -1.36. The van der Waals surface area contributed by atoms with Gasteiger partial charge in [-0.2, -0.15) is 5.10 Å². The molecule has 0 amide bonds. The summed E-state index contributed by atoms with van der Waals surface area (Å²) in [5.41, 5.74) is -1.82. The van der Waals surface area contributed by atoms with Crippen LogP contribution in [-0.2, 0) is 16.1 Å². The van der Waals surface area contributed by atoms with Crippen molar-refractivity contribution in [3.63, 3.8) is 0 Å². The lowest BCUT2D eigenvalue weighted by atomic mass is 10.1. The molecule has 0 saturated carbocycles. The number of esters is 1. The third kappa shape index (κ3) is 4.19. The molecule has 20 heavy (non-hydrogen) atoms. The van der Waals surface area contributed by atoms with E-state index in [2.05, 4.69) is 15.2 Å². The second-order valence-corrected chi connectivity index (χ2v) is 4.80. The Labute approximate surface area is 119 Å². The number of carbonyl (C=O) groups excluding carboxylic acids is 1. The second-order valence-electron chi connectivity index (χ2n) is 4.42. The first-order valence-electron chi connectivity index (χ1n) is 5.70. The molecular weight excluding hydrogens is 290 g/mol. The summed E-state index contributed by atoms with van der Waals surface area (Å²) in [6.07, 6.45) is 1.25. The van der Waals surface area contributed by atoms with Gasteiger partial charge in [0.15, 0.2) is 0 Å². The molecule has 0 radical (unpaired) electrons. The van der Waals surface area contributed by atoms with Gasteiger partial charge in [-0.3, -0.25) is 9.59 Å². The molecule has 0 aliphatic rings. The number of methoxy groups -OCH3 is 1. The summed E-state index contributed by atoms with van der Waals surface area (Å²) in [6, 6.07) is 0. The first kappa shape index (κ1) is 16.4. The Hall–Kier alpha value is -1.64. The van der Waals surface area contributed by atoms with Crippen LogP contribution >= 0.6 is 11.6 Å². The Morgan fingerprint density at radius 2 is 2.30 bits per heavy atom. The van der Waals surface area contributed by atoms with Gasteiger partial charge in [-0.25, -0.2) is 4.68 Å². The fourth-order valence-electron chi connectivity index (χ4n) is 1.23. The van der Waals surface area contributed by atoms with Crippen LogP contribution in [0.2, 0.25) is 5.02 Å². The molecule has 1 unspecified atom stereocenters. The molecule has 0 bridgehead atoms. The van der Waals surface area contributed by atoms with Crippen molar-refractivity contribution in [3.8, 4) is 0 Å². The zero-order chi connectivity index (χ0) is 15.3. The van der Waals surface area contributed by atoms with Gasteiger partial charge in [0.1, 0.15) is 17.2 Å². The second kappa shape index (κ2) is 6.69. The van der Waals surface area contributed by atoms with Crippen LogP contribution in [0.1, 0.15) is 6.92 Å². The summed E-state index contributed by atoms with van der Waals surface area (Å²) in [5, 5.41) is 24.8. The van der Waals surface area contributed by atoms with Crippen LogP contribution < -0.4 is 10.9 Å². The number of aliphatic hydroxyl groups is 2. The average Bonchev–Trinajstić information content (AvgIpc) is 2.43. The number of nitrogens with zero attached hydrogens (tertiary/aromatic N) is 2. The smallest absolute Gasteiger partial charge is 0.327 e. The largest absolute Gasteiger partial charge is 0.468 e. The first-order chi connectivity index (χ1) is 9.30. The summed E-state index contributed by atoms with van der Waals surface area (Å²) >= 11 is 5.86. The highest BCUT2D eigenvalue weighted by molar-refractivity contribution is 6.32. The third-order valence-electron chi connectivity index (χ3n) is 2.49. The zero-order valence-corrected chi connectivity index (χ0v) is 11.8. The number of aliphatic hydroxyl groups excluding tert-OH is 1. The van der Waals surface area contributed by atoms with E-state index in [1.54, 1.807) is 0 Å².